The average molecular weight is 264 g/mol. The number of hydrogen-bond donors (Lipinski definition) is 1. The zero-order chi connectivity index (χ0) is 13.8. The third-order valence-corrected chi connectivity index (χ3v) is 4.33. The Bertz CT molecular complexity index is 405. The van der Waals surface area contributed by atoms with Crippen LogP contribution >= 0.6 is 0 Å². The van der Waals surface area contributed by atoms with Crippen molar-refractivity contribution in [2.75, 3.05) is 26.2 Å². The van der Waals surface area contributed by atoms with Crippen molar-refractivity contribution < 1.29 is 0 Å². The number of aryl methyl sites for hydroxylation is 2. The molecule has 0 radical (unpaired) electrons. The largest absolute Gasteiger partial charge is 0.309 e. The summed E-state index contributed by atoms with van der Waals surface area (Å²) in [7, 11) is 2.02. The Kier molecular flexibility index (Phi) is 4.99. The molecule has 1 aliphatic rings. The third-order valence-electron chi connectivity index (χ3n) is 4.33. The molecule has 1 fully saturated rings. The van der Waals surface area contributed by atoms with Gasteiger partial charge in [0.2, 0.25) is 0 Å². The Morgan fingerprint density at radius 3 is 2.47 bits per heavy atom. The number of hydrogen-bond acceptors (Lipinski definition) is 3. The van der Waals surface area contributed by atoms with Crippen molar-refractivity contribution in [1.29, 1.82) is 0 Å². The second-order valence-corrected chi connectivity index (χ2v) is 5.79. The number of rotatable bonds is 5. The van der Waals surface area contributed by atoms with Crippen LogP contribution < -0.4 is 5.32 Å². The minimum Gasteiger partial charge on any atom is -0.309 e. The molecule has 4 nitrogen and oxygen atoms in total. The van der Waals surface area contributed by atoms with Crippen LogP contribution in [0.5, 0.6) is 0 Å². The van der Waals surface area contributed by atoms with Gasteiger partial charge < -0.3 is 10.2 Å². The molecule has 1 aromatic rings. The number of piperidine rings is 1. The summed E-state index contributed by atoms with van der Waals surface area (Å²) >= 11 is 0. The smallest absolute Gasteiger partial charge is 0.0644 e. The maximum absolute atomic E-state index is 4.50. The van der Waals surface area contributed by atoms with Gasteiger partial charge in [-0.25, -0.2) is 0 Å². The highest BCUT2D eigenvalue weighted by Crippen LogP contribution is 2.20. The normalized spacial score (nSPS) is 18.7. The molecule has 0 bridgehead atoms. The van der Waals surface area contributed by atoms with E-state index in [0.29, 0.717) is 6.04 Å². The van der Waals surface area contributed by atoms with Crippen molar-refractivity contribution in [2.45, 2.75) is 46.1 Å². The number of likely N-dealkylation sites (tertiary alicyclic amines) is 1. The quantitative estimate of drug-likeness (QED) is 0.885. The van der Waals surface area contributed by atoms with Gasteiger partial charge in [0.15, 0.2) is 0 Å². The van der Waals surface area contributed by atoms with Gasteiger partial charge in [0.1, 0.15) is 0 Å². The van der Waals surface area contributed by atoms with E-state index in [1.54, 1.807) is 0 Å². The standard InChI is InChI=1S/C15H28N4/c1-12(15-13(2)17-18(4)14(15)3)16-8-11-19-9-6-5-7-10-19/h12,16H,5-11H2,1-4H3. The van der Waals surface area contributed by atoms with Gasteiger partial charge in [-0.05, 0) is 46.7 Å². The molecular formula is C15H28N4. The average Bonchev–Trinajstić information content (AvgIpc) is 2.64. The lowest BCUT2D eigenvalue weighted by Crippen LogP contribution is -2.36. The molecule has 0 aromatic carbocycles. The van der Waals surface area contributed by atoms with E-state index in [9.17, 15) is 0 Å². The van der Waals surface area contributed by atoms with Gasteiger partial charge in [-0.1, -0.05) is 6.42 Å². The van der Waals surface area contributed by atoms with Crippen LogP contribution in [0.15, 0.2) is 0 Å². The minimum atomic E-state index is 0.387. The van der Waals surface area contributed by atoms with E-state index < -0.39 is 0 Å². The molecule has 0 aliphatic carbocycles. The summed E-state index contributed by atoms with van der Waals surface area (Å²) in [4.78, 5) is 2.58. The zero-order valence-corrected chi connectivity index (χ0v) is 12.9. The fourth-order valence-electron chi connectivity index (χ4n) is 3.14. The summed E-state index contributed by atoms with van der Waals surface area (Å²) in [6.07, 6.45) is 4.15. The van der Waals surface area contributed by atoms with Crippen molar-refractivity contribution >= 4 is 0 Å². The SMILES string of the molecule is Cc1nn(C)c(C)c1C(C)NCCN1CCCCC1. The fraction of sp³-hybridized carbons (Fsp3) is 0.800. The first-order chi connectivity index (χ1) is 9.09. The molecule has 108 valence electrons. The van der Waals surface area contributed by atoms with Gasteiger partial charge in [-0.3, -0.25) is 4.68 Å². The highest BCUT2D eigenvalue weighted by molar-refractivity contribution is 5.27. The molecule has 19 heavy (non-hydrogen) atoms. The van der Waals surface area contributed by atoms with Crippen molar-refractivity contribution in [1.82, 2.24) is 20.0 Å². The van der Waals surface area contributed by atoms with Crippen LogP contribution in [-0.2, 0) is 7.05 Å². The van der Waals surface area contributed by atoms with E-state index in [0.717, 1.165) is 12.2 Å². The van der Waals surface area contributed by atoms with E-state index in [4.69, 9.17) is 0 Å². The second-order valence-electron chi connectivity index (χ2n) is 5.79. The third kappa shape index (κ3) is 3.57. The number of nitrogens with zero attached hydrogens (tertiary/aromatic N) is 3. The van der Waals surface area contributed by atoms with Gasteiger partial charge in [0.25, 0.3) is 0 Å². The summed E-state index contributed by atoms with van der Waals surface area (Å²) in [6.45, 7) is 11.3. The lowest BCUT2D eigenvalue weighted by molar-refractivity contribution is 0.227. The van der Waals surface area contributed by atoms with Gasteiger partial charge in [0.05, 0.1) is 5.69 Å². The molecule has 1 saturated heterocycles. The van der Waals surface area contributed by atoms with Crippen LogP contribution in [0.25, 0.3) is 0 Å². The van der Waals surface area contributed by atoms with Crippen LogP contribution in [0.1, 0.15) is 49.2 Å². The van der Waals surface area contributed by atoms with Gasteiger partial charge in [-0.2, -0.15) is 5.10 Å². The summed E-state index contributed by atoms with van der Waals surface area (Å²) in [5.41, 5.74) is 3.79. The van der Waals surface area contributed by atoms with Crippen LogP contribution in [0.2, 0.25) is 0 Å². The van der Waals surface area contributed by atoms with E-state index in [-0.39, 0.29) is 0 Å². The Hall–Kier alpha value is -0.870. The first-order valence-corrected chi connectivity index (χ1v) is 7.55. The molecule has 1 N–H and O–H groups in total. The summed E-state index contributed by atoms with van der Waals surface area (Å²) in [5, 5.41) is 8.14. The molecule has 0 amide bonds. The first-order valence-electron chi connectivity index (χ1n) is 7.55. The van der Waals surface area contributed by atoms with E-state index >= 15 is 0 Å². The number of aromatic nitrogens is 2. The summed E-state index contributed by atoms with van der Waals surface area (Å²) < 4.78 is 1.98. The van der Waals surface area contributed by atoms with Crippen LogP contribution in [0, 0.1) is 13.8 Å². The van der Waals surface area contributed by atoms with Gasteiger partial charge in [-0.15, -0.1) is 0 Å². The Balaban J connectivity index is 1.82. The van der Waals surface area contributed by atoms with E-state index in [1.807, 2.05) is 11.7 Å². The minimum absolute atomic E-state index is 0.387. The second kappa shape index (κ2) is 6.53. The van der Waals surface area contributed by atoms with Crippen LogP contribution in [-0.4, -0.2) is 40.9 Å². The highest BCUT2D eigenvalue weighted by Gasteiger charge is 2.16. The maximum atomic E-state index is 4.50. The van der Waals surface area contributed by atoms with E-state index in [1.165, 1.54) is 50.2 Å². The Morgan fingerprint density at radius 2 is 1.89 bits per heavy atom. The van der Waals surface area contributed by atoms with Crippen molar-refractivity contribution in [3.05, 3.63) is 17.0 Å². The predicted octanol–water partition coefficient (Wildman–Crippen LogP) is 2.17. The summed E-state index contributed by atoms with van der Waals surface area (Å²) in [6, 6.07) is 0.387. The topological polar surface area (TPSA) is 33.1 Å². The molecule has 1 atom stereocenters. The molecule has 2 rings (SSSR count). The Labute approximate surface area is 117 Å². The molecule has 4 heteroatoms. The summed E-state index contributed by atoms with van der Waals surface area (Å²) in [5.74, 6) is 0. The molecule has 0 saturated carbocycles. The van der Waals surface area contributed by atoms with Crippen molar-refractivity contribution in [2.24, 2.45) is 7.05 Å². The van der Waals surface area contributed by atoms with Crippen molar-refractivity contribution in [3.63, 3.8) is 0 Å². The highest BCUT2D eigenvalue weighted by atomic mass is 15.3. The van der Waals surface area contributed by atoms with Gasteiger partial charge >= 0.3 is 0 Å². The molecule has 1 aromatic heterocycles. The lowest BCUT2D eigenvalue weighted by Gasteiger charge is -2.27. The predicted molar refractivity (Wildman–Crippen MR) is 79.4 cm³/mol. The molecular weight excluding hydrogens is 236 g/mol. The lowest BCUT2D eigenvalue weighted by atomic mass is 10.1. The molecule has 1 aliphatic heterocycles. The first kappa shape index (κ1) is 14.5. The fourth-order valence-corrected chi connectivity index (χ4v) is 3.14. The van der Waals surface area contributed by atoms with Crippen LogP contribution in [0.4, 0.5) is 0 Å². The van der Waals surface area contributed by atoms with E-state index in [2.05, 4.69) is 36.1 Å². The van der Waals surface area contributed by atoms with Crippen LogP contribution in [0.3, 0.4) is 0 Å². The monoisotopic (exact) mass is 264 g/mol. The van der Waals surface area contributed by atoms with Crippen molar-refractivity contribution in [3.8, 4) is 0 Å². The zero-order valence-electron chi connectivity index (χ0n) is 12.9. The Morgan fingerprint density at radius 1 is 1.21 bits per heavy atom. The number of nitrogens with one attached hydrogen (secondary N) is 1. The van der Waals surface area contributed by atoms with Gasteiger partial charge in [0, 0.05) is 37.4 Å². The molecule has 2 heterocycles. The molecule has 0 spiro atoms. The molecule has 1 unspecified atom stereocenters. The maximum Gasteiger partial charge on any atom is 0.0644 e.